The van der Waals surface area contributed by atoms with Gasteiger partial charge >= 0.3 is 0 Å². The van der Waals surface area contributed by atoms with E-state index in [-0.39, 0.29) is 6.61 Å². The fourth-order valence-corrected chi connectivity index (χ4v) is 1.03. The van der Waals surface area contributed by atoms with Gasteiger partial charge in [-0.2, -0.15) is 0 Å². The van der Waals surface area contributed by atoms with Crippen LogP contribution >= 0.6 is 0 Å². The molecule has 0 heterocycles. The Bertz CT molecular complexity index is 366. The van der Waals surface area contributed by atoms with Crippen LogP contribution in [0.1, 0.15) is 5.56 Å². The topological polar surface area (TPSA) is 60.4 Å². The lowest BCUT2D eigenvalue weighted by Crippen LogP contribution is -2.36. The fraction of sp³-hybridized carbons (Fsp3) is 0.357. The summed E-state index contributed by atoms with van der Waals surface area (Å²) in [5.41, 5.74) is 0.858. The number of carboxylic acid groups (broad SMARTS) is 1. The second-order valence-corrected chi connectivity index (χ2v) is 4.80. The number of carbonyl (C=O) groups excluding carboxylic acids is 1. The Kier molecular flexibility index (Phi) is 7.67. The number of rotatable bonds is 4. The minimum atomic E-state index is -1.17. The van der Waals surface area contributed by atoms with Gasteiger partial charge in [-0.25, -0.2) is 0 Å². The summed E-state index contributed by atoms with van der Waals surface area (Å²) >= 11 is 0. The minimum absolute atomic E-state index is 0.281. The van der Waals surface area contributed by atoms with Gasteiger partial charge in [0.25, 0.3) is 0 Å². The van der Waals surface area contributed by atoms with Gasteiger partial charge in [-0.1, -0.05) is 36.4 Å². The van der Waals surface area contributed by atoms with Crippen LogP contribution in [0.2, 0.25) is 0 Å². The molecular weight excluding hydrogens is 230 g/mol. The van der Waals surface area contributed by atoms with Crippen molar-refractivity contribution >= 4 is 12.0 Å². The van der Waals surface area contributed by atoms with Crippen LogP contribution in [-0.4, -0.2) is 49.9 Å². The molecule has 0 saturated heterocycles. The number of benzene rings is 1. The Morgan fingerprint density at radius 2 is 1.83 bits per heavy atom. The van der Waals surface area contributed by atoms with Crippen LogP contribution in [-0.2, 0) is 4.79 Å². The highest BCUT2D eigenvalue weighted by Gasteiger charge is 2.02. The summed E-state index contributed by atoms with van der Waals surface area (Å²) in [4.78, 5) is 9.97. The lowest BCUT2D eigenvalue weighted by molar-refractivity contribution is -0.870. The Labute approximate surface area is 108 Å². The summed E-state index contributed by atoms with van der Waals surface area (Å²) in [6.45, 7) is 1.11. The highest BCUT2D eigenvalue weighted by molar-refractivity contribution is 5.83. The lowest BCUT2D eigenvalue weighted by Gasteiger charge is -2.21. The van der Waals surface area contributed by atoms with E-state index in [0.717, 1.165) is 22.7 Å². The van der Waals surface area contributed by atoms with Crippen molar-refractivity contribution in [2.75, 3.05) is 34.3 Å². The van der Waals surface area contributed by atoms with E-state index in [1.165, 1.54) is 6.08 Å². The van der Waals surface area contributed by atoms with Crippen molar-refractivity contribution in [1.82, 2.24) is 0 Å². The monoisotopic (exact) mass is 251 g/mol. The van der Waals surface area contributed by atoms with Crippen LogP contribution in [0.25, 0.3) is 6.08 Å². The van der Waals surface area contributed by atoms with Gasteiger partial charge in [0.15, 0.2) is 0 Å². The normalized spacial score (nSPS) is 10.9. The van der Waals surface area contributed by atoms with E-state index < -0.39 is 5.97 Å². The Hall–Kier alpha value is -1.65. The summed E-state index contributed by atoms with van der Waals surface area (Å²) in [6, 6.07) is 9.19. The zero-order chi connectivity index (χ0) is 14.0. The maximum absolute atomic E-state index is 9.97. The van der Waals surface area contributed by atoms with E-state index >= 15 is 0 Å². The third kappa shape index (κ3) is 10.9. The summed E-state index contributed by atoms with van der Waals surface area (Å²) in [5.74, 6) is -1.17. The van der Waals surface area contributed by atoms with Crippen LogP contribution < -0.4 is 5.11 Å². The smallest absolute Gasteiger partial charge is 0.101 e. The maximum Gasteiger partial charge on any atom is 0.101 e. The Morgan fingerprint density at radius 3 is 2.17 bits per heavy atom. The van der Waals surface area contributed by atoms with Gasteiger partial charge in [-0.3, -0.25) is 0 Å². The number of aliphatic carboxylic acids is 1. The van der Waals surface area contributed by atoms with E-state index in [1.54, 1.807) is 0 Å². The first-order valence-corrected chi connectivity index (χ1v) is 5.70. The molecule has 0 atom stereocenters. The van der Waals surface area contributed by atoms with Gasteiger partial charge < -0.3 is 19.5 Å². The number of nitrogens with zero attached hydrogens (tertiary/aromatic N) is 1. The average Bonchev–Trinajstić information content (AvgIpc) is 2.27. The highest BCUT2D eigenvalue weighted by atomic mass is 16.4. The fourth-order valence-electron chi connectivity index (χ4n) is 1.03. The average molecular weight is 251 g/mol. The zero-order valence-electron chi connectivity index (χ0n) is 11.2. The molecule has 18 heavy (non-hydrogen) atoms. The third-order valence-corrected chi connectivity index (χ3v) is 1.98. The molecule has 0 bridgehead atoms. The van der Waals surface area contributed by atoms with E-state index in [2.05, 4.69) is 21.1 Å². The molecule has 0 aromatic heterocycles. The number of carbonyl (C=O) groups is 1. The summed E-state index contributed by atoms with van der Waals surface area (Å²) in [5, 5.41) is 18.4. The largest absolute Gasteiger partial charge is 0.545 e. The van der Waals surface area contributed by atoms with Gasteiger partial charge in [0.05, 0.1) is 33.7 Å². The Morgan fingerprint density at radius 1 is 1.28 bits per heavy atom. The highest BCUT2D eigenvalue weighted by Crippen LogP contribution is 1.99. The Balaban J connectivity index is 0.000000360. The molecule has 0 aliphatic rings. The van der Waals surface area contributed by atoms with Crippen LogP contribution in [0.5, 0.6) is 0 Å². The first-order valence-electron chi connectivity index (χ1n) is 5.70. The second-order valence-electron chi connectivity index (χ2n) is 4.80. The van der Waals surface area contributed by atoms with Gasteiger partial charge in [0.2, 0.25) is 0 Å². The zero-order valence-corrected chi connectivity index (χ0v) is 11.2. The van der Waals surface area contributed by atoms with Gasteiger partial charge in [0, 0.05) is 0 Å². The molecule has 4 heteroatoms. The molecule has 0 unspecified atom stereocenters. The van der Waals surface area contributed by atoms with E-state index in [0.29, 0.717) is 0 Å². The van der Waals surface area contributed by atoms with E-state index in [4.69, 9.17) is 5.11 Å². The van der Waals surface area contributed by atoms with Crippen LogP contribution in [0.15, 0.2) is 36.4 Å². The quantitative estimate of drug-likeness (QED) is 0.611. The van der Waals surface area contributed by atoms with Crippen molar-refractivity contribution in [3.63, 3.8) is 0 Å². The molecule has 0 aliphatic carbocycles. The number of quaternary nitrogens is 1. The van der Waals surface area contributed by atoms with E-state index in [9.17, 15) is 9.90 Å². The predicted molar refractivity (Wildman–Crippen MR) is 70.5 cm³/mol. The lowest BCUT2D eigenvalue weighted by atomic mass is 10.2. The minimum Gasteiger partial charge on any atom is -0.545 e. The first kappa shape index (κ1) is 16.4. The number of aliphatic hydroxyl groups excluding tert-OH is 1. The number of carboxylic acids is 1. The number of aliphatic hydroxyl groups is 1. The summed E-state index contributed by atoms with van der Waals surface area (Å²) in [6.07, 6.45) is 2.50. The molecule has 0 fully saturated rings. The molecule has 1 aromatic carbocycles. The molecule has 0 saturated carbocycles. The molecule has 0 radical (unpaired) electrons. The maximum atomic E-state index is 9.97. The van der Waals surface area contributed by atoms with Gasteiger partial charge in [-0.15, -0.1) is 0 Å². The molecular formula is C14H21NO3. The SMILES string of the molecule is C[N+](C)(C)CCO.O=C([O-])C=Cc1ccccc1. The van der Waals surface area contributed by atoms with Gasteiger partial charge in [0.1, 0.15) is 6.54 Å². The molecule has 100 valence electrons. The van der Waals surface area contributed by atoms with E-state index in [1.807, 2.05) is 30.3 Å². The summed E-state index contributed by atoms with van der Waals surface area (Å²) in [7, 11) is 6.16. The molecule has 0 amide bonds. The number of likely N-dealkylation sites (N-methyl/N-ethyl adjacent to an activating group) is 1. The first-order chi connectivity index (χ1) is 8.35. The second kappa shape index (κ2) is 8.44. The van der Waals surface area contributed by atoms with Crippen molar-refractivity contribution in [2.45, 2.75) is 0 Å². The van der Waals surface area contributed by atoms with Crippen LogP contribution in [0.4, 0.5) is 0 Å². The molecule has 1 N–H and O–H groups in total. The molecule has 1 rings (SSSR count). The van der Waals surface area contributed by atoms with Crippen molar-refractivity contribution in [2.24, 2.45) is 0 Å². The molecule has 1 aromatic rings. The number of hydrogen-bond donors (Lipinski definition) is 1. The van der Waals surface area contributed by atoms with Gasteiger partial charge in [-0.05, 0) is 11.6 Å². The number of hydrogen-bond acceptors (Lipinski definition) is 3. The van der Waals surface area contributed by atoms with Crippen molar-refractivity contribution in [3.05, 3.63) is 42.0 Å². The standard InChI is InChI=1S/C9H8O2.C5H14NO/c10-9(11)7-6-8-4-2-1-3-5-8;1-6(2,3)4-5-7/h1-7H,(H,10,11);7H,4-5H2,1-3H3/q;+1/p-1. The van der Waals surface area contributed by atoms with Crippen LogP contribution in [0.3, 0.4) is 0 Å². The summed E-state index contributed by atoms with van der Waals surface area (Å²) < 4.78 is 0.844. The van der Waals surface area contributed by atoms with Crippen molar-refractivity contribution in [1.29, 1.82) is 0 Å². The van der Waals surface area contributed by atoms with Crippen molar-refractivity contribution in [3.8, 4) is 0 Å². The molecule has 0 spiro atoms. The predicted octanol–water partition coefficient (Wildman–Crippen LogP) is 0.135. The van der Waals surface area contributed by atoms with Crippen molar-refractivity contribution < 1.29 is 19.5 Å². The third-order valence-electron chi connectivity index (χ3n) is 1.98. The molecule has 4 nitrogen and oxygen atoms in total. The van der Waals surface area contributed by atoms with Crippen LogP contribution in [0, 0.1) is 0 Å². The molecule has 0 aliphatic heterocycles.